The van der Waals surface area contributed by atoms with Gasteiger partial charge in [0.15, 0.2) is 5.78 Å². The number of Topliss-reactive ketones (excluding diaryl/α,β-unsaturated/α-hetero) is 1. The van der Waals surface area contributed by atoms with Crippen molar-refractivity contribution in [1.29, 1.82) is 0 Å². The number of rotatable bonds is 6. The SMILES string of the molecule is CCCCCCC1CC(=O)c2cc([N+](=O)[O-])ccc2O1. The Morgan fingerprint density at radius 2 is 2.15 bits per heavy atom. The summed E-state index contributed by atoms with van der Waals surface area (Å²) in [7, 11) is 0. The highest BCUT2D eigenvalue weighted by molar-refractivity contribution is 6.00. The molecule has 1 unspecified atom stereocenters. The number of hydrogen-bond acceptors (Lipinski definition) is 4. The fourth-order valence-electron chi connectivity index (χ4n) is 2.45. The number of non-ortho nitro benzene ring substituents is 1. The molecule has 1 atom stereocenters. The molecule has 0 saturated carbocycles. The Kier molecular flexibility index (Phi) is 4.71. The van der Waals surface area contributed by atoms with E-state index in [1.165, 1.54) is 31.0 Å². The van der Waals surface area contributed by atoms with E-state index < -0.39 is 4.92 Å². The zero-order chi connectivity index (χ0) is 14.5. The second-order valence-electron chi connectivity index (χ2n) is 5.15. The first-order valence-corrected chi connectivity index (χ1v) is 7.10. The molecule has 2 rings (SSSR count). The summed E-state index contributed by atoms with van der Waals surface area (Å²) in [4.78, 5) is 22.3. The van der Waals surface area contributed by atoms with Crippen LogP contribution in [0.1, 0.15) is 55.8 Å². The third kappa shape index (κ3) is 3.35. The van der Waals surface area contributed by atoms with Crippen molar-refractivity contribution >= 4 is 11.5 Å². The summed E-state index contributed by atoms with van der Waals surface area (Å²) in [6.07, 6.45) is 5.67. The minimum Gasteiger partial charge on any atom is -0.489 e. The highest BCUT2D eigenvalue weighted by Crippen LogP contribution is 2.32. The van der Waals surface area contributed by atoms with Gasteiger partial charge in [-0.25, -0.2) is 0 Å². The van der Waals surface area contributed by atoms with Gasteiger partial charge in [-0.2, -0.15) is 0 Å². The molecule has 1 aromatic carbocycles. The second kappa shape index (κ2) is 6.50. The number of ether oxygens (including phenoxy) is 1. The molecule has 1 heterocycles. The van der Waals surface area contributed by atoms with E-state index in [1.807, 2.05) is 0 Å². The maximum atomic E-state index is 12.1. The highest BCUT2D eigenvalue weighted by Gasteiger charge is 2.27. The normalized spacial score (nSPS) is 17.4. The van der Waals surface area contributed by atoms with Gasteiger partial charge in [0, 0.05) is 18.6 Å². The zero-order valence-electron chi connectivity index (χ0n) is 11.6. The first kappa shape index (κ1) is 14.5. The number of nitrogens with zero attached hydrogens (tertiary/aromatic N) is 1. The van der Waals surface area contributed by atoms with Gasteiger partial charge in [0.2, 0.25) is 0 Å². The molecule has 5 nitrogen and oxygen atoms in total. The topological polar surface area (TPSA) is 69.4 Å². The van der Waals surface area contributed by atoms with Crippen LogP contribution in [-0.2, 0) is 0 Å². The third-order valence-corrected chi connectivity index (χ3v) is 3.56. The molecule has 0 saturated heterocycles. The average Bonchev–Trinajstić information content (AvgIpc) is 2.43. The summed E-state index contributed by atoms with van der Waals surface area (Å²) < 4.78 is 5.77. The summed E-state index contributed by atoms with van der Waals surface area (Å²) in [5.41, 5.74) is 0.270. The van der Waals surface area contributed by atoms with E-state index in [-0.39, 0.29) is 17.6 Å². The standard InChI is InChI=1S/C15H19NO4/c1-2-3-4-5-6-12-10-14(17)13-9-11(16(18)19)7-8-15(13)20-12/h7-9,12H,2-6,10H2,1H3. The Morgan fingerprint density at radius 1 is 1.35 bits per heavy atom. The quantitative estimate of drug-likeness (QED) is 0.449. The lowest BCUT2D eigenvalue weighted by Crippen LogP contribution is -2.26. The molecular formula is C15H19NO4. The molecule has 0 amide bonds. The highest BCUT2D eigenvalue weighted by atomic mass is 16.6. The Labute approximate surface area is 118 Å². The fourth-order valence-corrected chi connectivity index (χ4v) is 2.45. The van der Waals surface area contributed by atoms with E-state index in [9.17, 15) is 14.9 Å². The van der Waals surface area contributed by atoms with Gasteiger partial charge in [0.1, 0.15) is 11.9 Å². The molecule has 0 radical (unpaired) electrons. The predicted octanol–water partition coefficient (Wildman–Crippen LogP) is 3.90. The third-order valence-electron chi connectivity index (χ3n) is 3.56. The molecule has 0 aliphatic carbocycles. The molecule has 0 aromatic heterocycles. The molecule has 1 aromatic rings. The van der Waals surface area contributed by atoms with E-state index in [4.69, 9.17) is 4.74 Å². The van der Waals surface area contributed by atoms with Crippen LogP contribution < -0.4 is 4.74 Å². The van der Waals surface area contributed by atoms with Crippen LogP contribution in [-0.4, -0.2) is 16.8 Å². The number of carbonyl (C=O) groups is 1. The number of fused-ring (bicyclic) bond motifs is 1. The first-order valence-electron chi connectivity index (χ1n) is 7.10. The van der Waals surface area contributed by atoms with Crippen LogP contribution in [0.25, 0.3) is 0 Å². The molecule has 1 aliphatic rings. The van der Waals surface area contributed by atoms with Crippen molar-refractivity contribution in [3.05, 3.63) is 33.9 Å². The van der Waals surface area contributed by atoms with Crippen LogP contribution in [0, 0.1) is 10.1 Å². The lowest BCUT2D eigenvalue weighted by Gasteiger charge is -2.25. The molecule has 0 fully saturated rings. The fraction of sp³-hybridized carbons (Fsp3) is 0.533. The summed E-state index contributed by atoms with van der Waals surface area (Å²) in [6, 6.07) is 4.22. The van der Waals surface area contributed by atoms with Gasteiger partial charge in [-0.3, -0.25) is 14.9 Å². The summed E-state index contributed by atoms with van der Waals surface area (Å²) >= 11 is 0. The molecular weight excluding hydrogens is 258 g/mol. The van der Waals surface area contributed by atoms with E-state index in [1.54, 1.807) is 0 Å². The van der Waals surface area contributed by atoms with Crippen molar-refractivity contribution in [2.24, 2.45) is 0 Å². The van der Waals surface area contributed by atoms with Gasteiger partial charge in [0.05, 0.1) is 10.5 Å². The van der Waals surface area contributed by atoms with Gasteiger partial charge in [-0.05, 0) is 18.9 Å². The van der Waals surface area contributed by atoms with Crippen LogP contribution in [0.2, 0.25) is 0 Å². The van der Waals surface area contributed by atoms with E-state index in [0.717, 1.165) is 19.3 Å². The summed E-state index contributed by atoms with van der Waals surface area (Å²) in [5, 5.41) is 10.7. The van der Waals surface area contributed by atoms with Gasteiger partial charge >= 0.3 is 0 Å². The monoisotopic (exact) mass is 277 g/mol. The van der Waals surface area contributed by atoms with E-state index in [2.05, 4.69) is 6.92 Å². The van der Waals surface area contributed by atoms with Gasteiger partial charge in [-0.1, -0.05) is 26.2 Å². The lowest BCUT2D eigenvalue weighted by atomic mass is 9.97. The molecule has 0 bridgehead atoms. The van der Waals surface area contributed by atoms with Crippen LogP contribution in [0.3, 0.4) is 0 Å². The van der Waals surface area contributed by atoms with E-state index in [0.29, 0.717) is 17.7 Å². The van der Waals surface area contributed by atoms with Crippen LogP contribution in [0.4, 0.5) is 5.69 Å². The largest absolute Gasteiger partial charge is 0.489 e. The Hall–Kier alpha value is -1.91. The van der Waals surface area contributed by atoms with Gasteiger partial charge < -0.3 is 4.74 Å². The van der Waals surface area contributed by atoms with Crippen LogP contribution in [0.5, 0.6) is 5.75 Å². The van der Waals surface area contributed by atoms with Gasteiger partial charge in [-0.15, -0.1) is 0 Å². The second-order valence-corrected chi connectivity index (χ2v) is 5.15. The van der Waals surface area contributed by atoms with Crippen LogP contribution in [0.15, 0.2) is 18.2 Å². The summed E-state index contributed by atoms with van der Waals surface area (Å²) in [5.74, 6) is 0.419. The van der Waals surface area contributed by atoms with Crippen molar-refractivity contribution < 1.29 is 14.5 Å². The number of nitro benzene ring substituents is 1. The molecule has 1 aliphatic heterocycles. The molecule has 108 valence electrons. The van der Waals surface area contributed by atoms with Crippen molar-refractivity contribution in [3.8, 4) is 5.75 Å². The minimum absolute atomic E-state index is 0.0598. The molecule has 0 spiro atoms. The molecule has 20 heavy (non-hydrogen) atoms. The minimum atomic E-state index is -0.496. The molecule has 0 N–H and O–H groups in total. The van der Waals surface area contributed by atoms with Crippen molar-refractivity contribution in [3.63, 3.8) is 0 Å². The van der Waals surface area contributed by atoms with E-state index >= 15 is 0 Å². The Balaban J connectivity index is 2.03. The summed E-state index contributed by atoms with van der Waals surface area (Å²) in [6.45, 7) is 2.16. The zero-order valence-corrected chi connectivity index (χ0v) is 11.6. The Morgan fingerprint density at radius 3 is 2.85 bits per heavy atom. The van der Waals surface area contributed by atoms with Crippen LogP contribution >= 0.6 is 0 Å². The first-order chi connectivity index (χ1) is 9.61. The number of unbranched alkanes of at least 4 members (excludes halogenated alkanes) is 3. The average molecular weight is 277 g/mol. The number of ketones is 1. The Bertz CT molecular complexity index is 513. The number of nitro groups is 1. The maximum Gasteiger partial charge on any atom is 0.270 e. The number of hydrogen-bond donors (Lipinski definition) is 0. The number of benzene rings is 1. The van der Waals surface area contributed by atoms with Crippen molar-refractivity contribution in [2.45, 2.75) is 51.6 Å². The van der Waals surface area contributed by atoms with Gasteiger partial charge in [0.25, 0.3) is 5.69 Å². The van der Waals surface area contributed by atoms with Crippen molar-refractivity contribution in [2.75, 3.05) is 0 Å². The molecule has 5 heteroatoms. The number of carbonyl (C=O) groups excluding carboxylic acids is 1. The predicted molar refractivity (Wildman–Crippen MR) is 75.2 cm³/mol. The smallest absolute Gasteiger partial charge is 0.270 e. The maximum absolute atomic E-state index is 12.1. The van der Waals surface area contributed by atoms with Crippen molar-refractivity contribution in [1.82, 2.24) is 0 Å². The lowest BCUT2D eigenvalue weighted by molar-refractivity contribution is -0.384.